The number of piperidine rings is 1. The molecule has 1 aliphatic heterocycles. The lowest BCUT2D eigenvalue weighted by Crippen LogP contribution is -2.39. The van der Waals surface area contributed by atoms with Crippen molar-refractivity contribution in [2.45, 2.75) is 25.4 Å². The summed E-state index contributed by atoms with van der Waals surface area (Å²) >= 11 is 0. The van der Waals surface area contributed by atoms with Crippen LogP contribution in [0.3, 0.4) is 0 Å². The second-order valence-electron chi connectivity index (χ2n) is 4.75. The minimum absolute atomic E-state index is 0. The maximum atomic E-state index is 5.93. The van der Waals surface area contributed by atoms with Crippen molar-refractivity contribution in [2.75, 3.05) is 27.3 Å². The molecule has 1 saturated heterocycles. The van der Waals surface area contributed by atoms with Crippen molar-refractivity contribution in [3.05, 3.63) is 23.8 Å². The molecule has 0 saturated carbocycles. The van der Waals surface area contributed by atoms with Gasteiger partial charge < -0.3 is 15.2 Å². The van der Waals surface area contributed by atoms with E-state index in [2.05, 4.69) is 4.90 Å². The first-order valence-corrected chi connectivity index (χ1v) is 6.42. The summed E-state index contributed by atoms with van der Waals surface area (Å²) in [5.74, 6) is 1.79. The number of benzene rings is 1. The highest BCUT2D eigenvalue weighted by molar-refractivity contribution is 5.85. The van der Waals surface area contributed by atoms with Crippen LogP contribution in [0.2, 0.25) is 0 Å². The fraction of sp³-hybridized carbons (Fsp3) is 0.571. The number of ether oxygens (including phenoxy) is 2. The highest BCUT2D eigenvalue weighted by Gasteiger charge is 2.19. The number of hydrogen-bond donors (Lipinski definition) is 1. The van der Waals surface area contributed by atoms with E-state index in [1.807, 2.05) is 18.2 Å². The smallest absolute Gasteiger partial charge is 0.127 e. The van der Waals surface area contributed by atoms with Crippen LogP contribution in [-0.4, -0.2) is 38.3 Å². The van der Waals surface area contributed by atoms with Crippen LogP contribution >= 0.6 is 12.4 Å². The molecule has 0 aliphatic carbocycles. The van der Waals surface area contributed by atoms with Gasteiger partial charge in [-0.1, -0.05) is 6.07 Å². The molecule has 2 N–H and O–H groups in total. The van der Waals surface area contributed by atoms with Crippen LogP contribution in [0.1, 0.15) is 18.4 Å². The van der Waals surface area contributed by atoms with Crippen LogP contribution in [0.25, 0.3) is 0 Å². The maximum absolute atomic E-state index is 5.93. The van der Waals surface area contributed by atoms with Crippen molar-refractivity contribution in [2.24, 2.45) is 5.73 Å². The predicted molar refractivity (Wildman–Crippen MR) is 79.3 cm³/mol. The Bertz CT molecular complexity index is 371. The van der Waals surface area contributed by atoms with Gasteiger partial charge in [-0.2, -0.15) is 0 Å². The van der Waals surface area contributed by atoms with E-state index < -0.39 is 0 Å². The minimum atomic E-state index is 0. The van der Waals surface area contributed by atoms with Gasteiger partial charge in [0.15, 0.2) is 0 Å². The number of nitrogens with zero attached hydrogens (tertiary/aromatic N) is 1. The standard InChI is InChI=1S/C14H22N2O2.ClH/c1-17-13-4-3-5-14(18-2)12(13)10-16-8-6-11(15)7-9-16;/h3-5,11H,6-10,15H2,1-2H3;1H. The van der Waals surface area contributed by atoms with Crippen LogP contribution in [-0.2, 0) is 6.54 Å². The van der Waals surface area contributed by atoms with Gasteiger partial charge in [-0.15, -0.1) is 12.4 Å². The van der Waals surface area contributed by atoms with Crippen LogP contribution in [0.4, 0.5) is 0 Å². The Morgan fingerprint density at radius 3 is 2.16 bits per heavy atom. The zero-order valence-corrected chi connectivity index (χ0v) is 12.4. The molecule has 0 atom stereocenters. The first-order chi connectivity index (χ1) is 8.74. The summed E-state index contributed by atoms with van der Waals surface area (Å²) in [6, 6.07) is 6.27. The summed E-state index contributed by atoms with van der Waals surface area (Å²) < 4.78 is 10.8. The number of rotatable bonds is 4. The summed E-state index contributed by atoms with van der Waals surface area (Å²) in [5, 5.41) is 0. The lowest BCUT2D eigenvalue weighted by Gasteiger charge is -2.30. The average Bonchev–Trinajstić information content (AvgIpc) is 2.41. The molecule has 0 spiro atoms. The van der Waals surface area contributed by atoms with Gasteiger partial charge >= 0.3 is 0 Å². The molecular formula is C14H23ClN2O2. The van der Waals surface area contributed by atoms with E-state index in [0.29, 0.717) is 6.04 Å². The van der Waals surface area contributed by atoms with E-state index in [9.17, 15) is 0 Å². The highest BCUT2D eigenvalue weighted by atomic mass is 35.5. The number of halogens is 1. The molecule has 5 heteroatoms. The first kappa shape index (κ1) is 16.1. The van der Waals surface area contributed by atoms with Crippen LogP contribution in [0.15, 0.2) is 18.2 Å². The van der Waals surface area contributed by atoms with E-state index in [1.165, 1.54) is 0 Å². The van der Waals surface area contributed by atoms with E-state index >= 15 is 0 Å². The van der Waals surface area contributed by atoms with Crippen molar-refractivity contribution in [1.82, 2.24) is 4.90 Å². The van der Waals surface area contributed by atoms with Gasteiger partial charge in [-0.25, -0.2) is 0 Å². The Morgan fingerprint density at radius 2 is 1.68 bits per heavy atom. The Labute approximate surface area is 121 Å². The topological polar surface area (TPSA) is 47.7 Å². The largest absolute Gasteiger partial charge is 0.496 e. The molecule has 19 heavy (non-hydrogen) atoms. The van der Waals surface area contributed by atoms with Crippen molar-refractivity contribution in [3.8, 4) is 11.5 Å². The molecule has 0 unspecified atom stereocenters. The number of hydrogen-bond acceptors (Lipinski definition) is 4. The van der Waals surface area contributed by atoms with E-state index in [1.54, 1.807) is 14.2 Å². The summed E-state index contributed by atoms with van der Waals surface area (Å²) in [6.07, 6.45) is 2.13. The van der Waals surface area contributed by atoms with E-state index in [4.69, 9.17) is 15.2 Å². The fourth-order valence-electron chi connectivity index (χ4n) is 2.42. The quantitative estimate of drug-likeness (QED) is 0.920. The zero-order valence-electron chi connectivity index (χ0n) is 11.6. The van der Waals surface area contributed by atoms with Crippen molar-refractivity contribution in [3.63, 3.8) is 0 Å². The lowest BCUT2D eigenvalue weighted by atomic mass is 10.0. The van der Waals surface area contributed by atoms with Crippen molar-refractivity contribution < 1.29 is 9.47 Å². The van der Waals surface area contributed by atoms with E-state index in [-0.39, 0.29) is 12.4 Å². The molecule has 1 aromatic rings. The molecule has 4 nitrogen and oxygen atoms in total. The molecule has 0 bridgehead atoms. The zero-order chi connectivity index (χ0) is 13.0. The van der Waals surface area contributed by atoms with Crippen molar-refractivity contribution in [1.29, 1.82) is 0 Å². The van der Waals surface area contributed by atoms with Crippen molar-refractivity contribution >= 4 is 12.4 Å². The van der Waals surface area contributed by atoms with Gasteiger partial charge in [0.2, 0.25) is 0 Å². The Hall–Kier alpha value is -0.970. The summed E-state index contributed by atoms with van der Waals surface area (Å²) in [6.45, 7) is 2.95. The third kappa shape index (κ3) is 4.00. The van der Waals surface area contributed by atoms with Gasteiger partial charge in [0.05, 0.1) is 19.8 Å². The SMILES string of the molecule is COc1cccc(OC)c1CN1CCC(N)CC1.Cl. The van der Waals surface area contributed by atoms with Crippen LogP contribution in [0, 0.1) is 0 Å². The summed E-state index contributed by atoms with van der Waals surface area (Å²) in [5.41, 5.74) is 7.05. The molecule has 1 heterocycles. The average molecular weight is 287 g/mol. The number of likely N-dealkylation sites (tertiary alicyclic amines) is 1. The molecule has 0 amide bonds. The number of methoxy groups -OCH3 is 2. The highest BCUT2D eigenvalue weighted by Crippen LogP contribution is 2.30. The van der Waals surface area contributed by atoms with Gasteiger partial charge in [0.25, 0.3) is 0 Å². The molecule has 108 valence electrons. The molecule has 0 aromatic heterocycles. The Morgan fingerprint density at radius 1 is 1.16 bits per heavy atom. The van der Waals surface area contributed by atoms with Gasteiger partial charge in [-0.3, -0.25) is 4.90 Å². The molecule has 1 fully saturated rings. The number of nitrogens with two attached hydrogens (primary N) is 1. The molecule has 1 aliphatic rings. The van der Waals surface area contributed by atoms with Gasteiger partial charge in [-0.05, 0) is 38.1 Å². The molecule has 0 radical (unpaired) electrons. The Kier molecular flexibility index (Phi) is 6.42. The summed E-state index contributed by atoms with van der Waals surface area (Å²) in [4.78, 5) is 2.41. The molecule has 1 aromatic carbocycles. The van der Waals surface area contributed by atoms with Gasteiger partial charge in [0, 0.05) is 12.6 Å². The van der Waals surface area contributed by atoms with Gasteiger partial charge in [0.1, 0.15) is 11.5 Å². The monoisotopic (exact) mass is 286 g/mol. The summed E-state index contributed by atoms with van der Waals surface area (Å²) in [7, 11) is 3.40. The second kappa shape index (κ2) is 7.58. The molecular weight excluding hydrogens is 264 g/mol. The van der Waals surface area contributed by atoms with Crippen LogP contribution < -0.4 is 15.2 Å². The first-order valence-electron chi connectivity index (χ1n) is 6.42. The van der Waals surface area contributed by atoms with Crippen LogP contribution in [0.5, 0.6) is 11.5 Å². The molecule has 2 rings (SSSR count). The maximum Gasteiger partial charge on any atom is 0.127 e. The lowest BCUT2D eigenvalue weighted by molar-refractivity contribution is 0.201. The fourth-order valence-corrected chi connectivity index (χ4v) is 2.42. The normalized spacial score (nSPS) is 16.8. The predicted octanol–water partition coefficient (Wildman–Crippen LogP) is 2.05. The van der Waals surface area contributed by atoms with E-state index in [0.717, 1.165) is 49.5 Å². The Balaban J connectivity index is 0.00000180. The second-order valence-corrected chi connectivity index (χ2v) is 4.75. The third-order valence-electron chi connectivity index (χ3n) is 3.54. The third-order valence-corrected chi connectivity index (χ3v) is 3.54. The minimum Gasteiger partial charge on any atom is -0.496 e.